The van der Waals surface area contributed by atoms with Crippen molar-refractivity contribution in [1.29, 1.82) is 0 Å². The third-order valence-electron chi connectivity index (χ3n) is 1.66. The molecule has 1 rings (SSSR count). The number of hydrogen-bond donors (Lipinski definition) is 2. The lowest BCUT2D eigenvalue weighted by molar-refractivity contribution is 0.317. The quantitative estimate of drug-likeness (QED) is 0.218. The molecule has 1 aromatic heterocycles. The number of nitrogens with two attached hydrogens (primary N) is 1. The van der Waals surface area contributed by atoms with Gasteiger partial charge >= 0.3 is 0 Å². The van der Waals surface area contributed by atoms with Crippen molar-refractivity contribution in [2.75, 3.05) is 5.75 Å². The van der Waals surface area contributed by atoms with E-state index in [-0.39, 0.29) is 5.84 Å². The van der Waals surface area contributed by atoms with Gasteiger partial charge < -0.3 is 10.9 Å². The second kappa shape index (κ2) is 6.68. The summed E-state index contributed by atoms with van der Waals surface area (Å²) in [4.78, 5) is 4.22. The average Bonchev–Trinajstić information content (AvgIpc) is 2.26. The minimum absolute atomic E-state index is 0.277. The molecule has 4 nitrogen and oxygen atoms in total. The van der Waals surface area contributed by atoms with Crippen LogP contribution in [0.4, 0.5) is 0 Å². The average molecular weight is 290 g/mol. The van der Waals surface area contributed by atoms with Gasteiger partial charge in [-0.1, -0.05) is 5.16 Å². The summed E-state index contributed by atoms with van der Waals surface area (Å²) in [6.45, 7) is 0. The van der Waals surface area contributed by atoms with Gasteiger partial charge in [0.05, 0.1) is 5.03 Å². The van der Waals surface area contributed by atoms with Gasteiger partial charge in [0.1, 0.15) is 5.84 Å². The number of hydrogen-bond acceptors (Lipinski definition) is 4. The number of nitrogens with zero attached hydrogens (tertiary/aromatic N) is 2. The first-order chi connectivity index (χ1) is 7.22. The standard InChI is InChI=1S/C9H12BrN3OS/c10-7-3-4-9(12-6-7)15-5-1-2-8(11)13-14/h3-4,6,14H,1-2,5H2,(H2,11,13). The lowest BCUT2D eigenvalue weighted by atomic mass is 10.3. The van der Waals surface area contributed by atoms with Crippen LogP contribution in [0, 0.1) is 0 Å². The SMILES string of the molecule is NC(CCCSc1ccc(Br)cn1)=NO. The van der Waals surface area contributed by atoms with Gasteiger partial charge in [-0.05, 0) is 40.2 Å². The van der Waals surface area contributed by atoms with E-state index in [4.69, 9.17) is 10.9 Å². The molecular weight excluding hydrogens is 278 g/mol. The first-order valence-corrected chi connectivity index (χ1v) is 6.21. The van der Waals surface area contributed by atoms with E-state index in [9.17, 15) is 0 Å². The van der Waals surface area contributed by atoms with E-state index >= 15 is 0 Å². The number of rotatable bonds is 5. The fourth-order valence-electron chi connectivity index (χ4n) is 0.928. The Morgan fingerprint density at radius 3 is 3.00 bits per heavy atom. The molecule has 0 saturated carbocycles. The number of oxime groups is 1. The fourth-order valence-corrected chi connectivity index (χ4v) is 1.95. The first-order valence-electron chi connectivity index (χ1n) is 4.43. The van der Waals surface area contributed by atoms with Crippen molar-refractivity contribution in [2.24, 2.45) is 10.9 Å². The summed E-state index contributed by atoms with van der Waals surface area (Å²) in [6, 6.07) is 3.91. The van der Waals surface area contributed by atoms with Crippen molar-refractivity contribution >= 4 is 33.5 Å². The molecule has 82 valence electrons. The molecule has 15 heavy (non-hydrogen) atoms. The van der Waals surface area contributed by atoms with Crippen LogP contribution >= 0.6 is 27.7 Å². The Labute approximate surface area is 101 Å². The van der Waals surface area contributed by atoms with E-state index in [0.29, 0.717) is 6.42 Å². The van der Waals surface area contributed by atoms with Crippen molar-refractivity contribution in [3.8, 4) is 0 Å². The topological polar surface area (TPSA) is 71.5 Å². The molecule has 6 heteroatoms. The van der Waals surface area contributed by atoms with E-state index in [2.05, 4.69) is 26.1 Å². The van der Waals surface area contributed by atoms with Gasteiger partial charge in [0.2, 0.25) is 0 Å². The van der Waals surface area contributed by atoms with Gasteiger partial charge in [-0.15, -0.1) is 11.8 Å². The molecule has 0 amide bonds. The van der Waals surface area contributed by atoms with Crippen molar-refractivity contribution in [1.82, 2.24) is 4.98 Å². The highest BCUT2D eigenvalue weighted by atomic mass is 79.9. The summed E-state index contributed by atoms with van der Waals surface area (Å²) in [7, 11) is 0. The van der Waals surface area contributed by atoms with Gasteiger partial charge in [0.15, 0.2) is 0 Å². The van der Waals surface area contributed by atoms with E-state index in [1.807, 2.05) is 12.1 Å². The molecule has 0 fully saturated rings. The molecule has 1 heterocycles. The van der Waals surface area contributed by atoms with Gasteiger partial charge in [-0.2, -0.15) is 0 Å². The van der Waals surface area contributed by atoms with Crippen LogP contribution in [-0.4, -0.2) is 21.8 Å². The van der Waals surface area contributed by atoms with Crippen LogP contribution in [0.5, 0.6) is 0 Å². The number of thioether (sulfide) groups is 1. The number of halogens is 1. The lowest BCUT2D eigenvalue weighted by Gasteiger charge is -2.00. The van der Waals surface area contributed by atoms with Crippen molar-refractivity contribution in [3.63, 3.8) is 0 Å². The predicted molar refractivity (Wildman–Crippen MR) is 65.3 cm³/mol. The van der Waals surface area contributed by atoms with Crippen molar-refractivity contribution in [3.05, 3.63) is 22.8 Å². The molecule has 0 unspecified atom stereocenters. The zero-order valence-electron chi connectivity index (χ0n) is 8.06. The molecule has 0 radical (unpaired) electrons. The van der Waals surface area contributed by atoms with Crippen LogP contribution in [-0.2, 0) is 0 Å². The Hall–Kier alpha value is -0.750. The van der Waals surface area contributed by atoms with Crippen LogP contribution in [0.15, 0.2) is 33.0 Å². The molecule has 0 aromatic carbocycles. The third-order valence-corrected chi connectivity index (χ3v) is 3.16. The maximum atomic E-state index is 8.32. The van der Waals surface area contributed by atoms with Crippen LogP contribution in [0.1, 0.15) is 12.8 Å². The van der Waals surface area contributed by atoms with Crippen LogP contribution in [0.3, 0.4) is 0 Å². The van der Waals surface area contributed by atoms with E-state index in [1.54, 1.807) is 18.0 Å². The van der Waals surface area contributed by atoms with E-state index in [1.165, 1.54) is 0 Å². The summed E-state index contributed by atoms with van der Waals surface area (Å²) in [5, 5.41) is 12.2. The minimum Gasteiger partial charge on any atom is -0.409 e. The molecule has 0 aliphatic rings. The molecule has 1 aromatic rings. The smallest absolute Gasteiger partial charge is 0.139 e. The van der Waals surface area contributed by atoms with E-state index in [0.717, 1.165) is 21.7 Å². The summed E-state index contributed by atoms with van der Waals surface area (Å²) < 4.78 is 0.975. The minimum atomic E-state index is 0.277. The van der Waals surface area contributed by atoms with Crippen LogP contribution in [0.25, 0.3) is 0 Å². The van der Waals surface area contributed by atoms with Crippen LogP contribution < -0.4 is 5.73 Å². The number of pyridine rings is 1. The number of aromatic nitrogens is 1. The highest BCUT2D eigenvalue weighted by Gasteiger charge is 1.97. The third kappa shape index (κ3) is 5.03. The second-order valence-corrected chi connectivity index (χ2v) is 4.89. The van der Waals surface area contributed by atoms with Gasteiger partial charge in [0, 0.05) is 17.1 Å². The maximum absolute atomic E-state index is 8.32. The lowest BCUT2D eigenvalue weighted by Crippen LogP contribution is -2.11. The molecule has 3 N–H and O–H groups in total. The highest BCUT2D eigenvalue weighted by Crippen LogP contribution is 2.18. The van der Waals surface area contributed by atoms with Crippen molar-refractivity contribution < 1.29 is 5.21 Å². The Morgan fingerprint density at radius 2 is 2.40 bits per heavy atom. The maximum Gasteiger partial charge on any atom is 0.139 e. The highest BCUT2D eigenvalue weighted by molar-refractivity contribution is 9.10. The predicted octanol–water partition coefficient (Wildman–Crippen LogP) is 2.46. The molecule has 0 aliphatic carbocycles. The monoisotopic (exact) mass is 289 g/mol. The zero-order chi connectivity index (χ0) is 11.1. The Morgan fingerprint density at radius 1 is 1.60 bits per heavy atom. The van der Waals surface area contributed by atoms with Crippen molar-refractivity contribution in [2.45, 2.75) is 17.9 Å². The largest absolute Gasteiger partial charge is 0.409 e. The summed E-state index contributed by atoms with van der Waals surface area (Å²) in [6.07, 6.45) is 3.25. The molecule has 0 spiro atoms. The fraction of sp³-hybridized carbons (Fsp3) is 0.333. The normalized spacial score (nSPS) is 11.7. The van der Waals surface area contributed by atoms with Gasteiger partial charge in [-0.25, -0.2) is 4.98 Å². The summed E-state index contributed by atoms with van der Waals surface area (Å²) in [5.41, 5.74) is 5.34. The van der Waals surface area contributed by atoms with Crippen LogP contribution in [0.2, 0.25) is 0 Å². The molecule has 0 aliphatic heterocycles. The second-order valence-electron chi connectivity index (χ2n) is 2.86. The van der Waals surface area contributed by atoms with Gasteiger partial charge in [0.25, 0.3) is 0 Å². The molecule has 0 atom stereocenters. The Bertz CT molecular complexity index is 329. The first kappa shape index (κ1) is 12.3. The molecule has 0 bridgehead atoms. The summed E-state index contributed by atoms with van der Waals surface area (Å²) in [5.74, 6) is 1.18. The molecular formula is C9H12BrN3OS. The number of amidine groups is 1. The van der Waals surface area contributed by atoms with E-state index < -0.39 is 0 Å². The molecule has 0 saturated heterocycles. The zero-order valence-corrected chi connectivity index (χ0v) is 10.5. The van der Waals surface area contributed by atoms with Gasteiger partial charge in [-0.3, -0.25) is 0 Å². The Balaban J connectivity index is 2.23. The Kier molecular flexibility index (Phi) is 5.49. The summed E-state index contributed by atoms with van der Waals surface area (Å²) >= 11 is 4.98.